The van der Waals surface area contributed by atoms with E-state index in [1.807, 2.05) is 30.3 Å². The van der Waals surface area contributed by atoms with Crippen LogP contribution in [0.3, 0.4) is 0 Å². The second-order valence-electron chi connectivity index (χ2n) is 7.66. The van der Waals surface area contributed by atoms with Gasteiger partial charge < -0.3 is 21.1 Å². The number of aryl methyl sites for hydroxylation is 1. The first-order valence-corrected chi connectivity index (χ1v) is 11.4. The molecule has 1 saturated heterocycles. The molecule has 0 atom stereocenters. The van der Waals surface area contributed by atoms with Gasteiger partial charge in [-0.15, -0.1) is 24.0 Å². The number of aliphatic imine (C=N–C) groups is 1. The Balaban J connectivity index is 0.00000385. The van der Waals surface area contributed by atoms with Crippen LogP contribution in [-0.2, 0) is 11.2 Å². The lowest BCUT2D eigenvalue weighted by atomic mass is 10.1. The second kappa shape index (κ2) is 14.7. The summed E-state index contributed by atoms with van der Waals surface area (Å²) < 4.78 is 7.03. The highest BCUT2D eigenvalue weighted by molar-refractivity contribution is 14.0. The predicted octanol–water partition coefficient (Wildman–Crippen LogP) is 2.15. The minimum atomic E-state index is 0. The fourth-order valence-electron chi connectivity index (χ4n) is 3.65. The molecule has 0 radical (unpaired) electrons. The number of hydrogen-bond donors (Lipinski definition) is 3. The maximum Gasteiger partial charge on any atom is 0.191 e. The van der Waals surface area contributed by atoms with Crippen molar-refractivity contribution >= 4 is 35.8 Å². The van der Waals surface area contributed by atoms with Crippen LogP contribution < -0.4 is 16.4 Å². The van der Waals surface area contributed by atoms with E-state index in [0.717, 1.165) is 70.4 Å². The first-order valence-electron chi connectivity index (χ1n) is 11.4. The highest BCUT2D eigenvalue weighted by Gasteiger charge is 2.16. The SMILES string of the molecule is CCNC(=NCCCc1nn(-c2ccccc2)c(N)c1C#N)NCCCN1CCOCC1.I. The Bertz CT molecular complexity index is 903. The molecule has 1 aromatic carbocycles. The molecular weight excluding hydrogens is 531 g/mol. The summed E-state index contributed by atoms with van der Waals surface area (Å²) >= 11 is 0. The molecular formula is C23H35IN8O. The summed E-state index contributed by atoms with van der Waals surface area (Å²) in [5, 5.41) is 20.8. The number of ether oxygens (including phenoxy) is 1. The topological polar surface area (TPSA) is 117 Å². The zero-order valence-electron chi connectivity index (χ0n) is 19.3. The number of benzene rings is 1. The maximum absolute atomic E-state index is 9.55. The van der Waals surface area contributed by atoms with Crippen LogP contribution in [0.5, 0.6) is 0 Å². The first-order chi connectivity index (χ1) is 15.7. The number of guanidine groups is 1. The normalized spacial score (nSPS) is 14.4. The van der Waals surface area contributed by atoms with Gasteiger partial charge in [-0.1, -0.05) is 18.2 Å². The predicted molar refractivity (Wildman–Crippen MR) is 142 cm³/mol. The smallest absolute Gasteiger partial charge is 0.191 e. The van der Waals surface area contributed by atoms with Gasteiger partial charge in [-0.3, -0.25) is 9.89 Å². The third kappa shape index (κ3) is 8.17. The number of nitrogen functional groups attached to an aromatic ring is 1. The molecule has 0 aliphatic carbocycles. The van der Waals surface area contributed by atoms with Crippen molar-refractivity contribution < 1.29 is 4.74 Å². The van der Waals surface area contributed by atoms with Crippen LogP contribution in [0.2, 0.25) is 0 Å². The van der Waals surface area contributed by atoms with Crippen molar-refractivity contribution in [1.29, 1.82) is 5.26 Å². The van der Waals surface area contributed by atoms with Gasteiger partial charge in [0, 0.05) is 32.7 Å². The van der Waals surface area contributed by atoms with Gasteiger partial charge in [-0.2, -0.15) is 10.4 Å². The van der Waals surface area contributed by atoms with Gasteiger partial charge in [-0.25, -0.2) is 4.68 Å². The van der Waals surface area contributed by atoms with Gasteiger partial charge in [0.2, 0.25) is 0 Å². The number of halogens is 1. The van der Waals surface area contributed by atoms with Crippen molar-refractivity contribution in [3.63, 3.8) is 0 Å². The largest absolute Gasteiger partial charge is 0.382 e. The van der Waals surface area contributed by atoms with E-state index in [1.54, 1.807) is 4.68 Å². The molecule has 1 aliphatic rings. The van der Waals surface area contributed by atoms with Crippen molar-refractivity contribution in [2.24, 2.45) is 4.99 Å². The van der Waals surface area contributed by atoms with Gasteiger partial charge >= 0.3 is 0 Å². The van der Waals surface area contributed by atoms with E-state index >= 15 is 0 Å². The molecule has 9 nitrogen and oxygen atoms in total. The first kappa shape index (κ1) is 26.9. The molecule has 0 unspecified atom stereocenters. The number of aromatic nitrogens is 2. The second-order valence-corrected chi connectivity index (χ2v) is 7.66. The number of nitriles is 1. The lowest BCUT2D eigenvalue weighted by Crippen LogP contribution is -2.40. The molecule has 3 rings (SSSR count). The number of anilines is 1. The molecule has 10 heteroatoms. The summed E-state index contributed by atoms with van der Waals surface area (Å²) in [6.45, 7) is 9.15. The Morgan fingerprint density at radius 2 is 1.97 bits per heavy atom. The summed E-state index contributed by atoms with van der Waals surface area (Å²) in [6.07, 6.45) is 2.49. The van der Waals surface area contributed by atoms with Crippen LogP contribution in [0, 0.1) is 11.3 Å². The van der Waals surface area contributed by atoms with Crippen LogP contribution in [-0.4, -0.2) is 73.1 Å². The standard InChI is InChI=1S/C23H34N8O.HI/c1-2-26-23(28-12-7-13-30-14-16-32-17-15-30)27-11-6-10-21-20(18-24)22(25)31(29-21)19-8-4-3-5-9-19;/h3-5,8-9H,2,6-7,10-17,25H2,1H3,(H2,26,27,28);1H. The zero-order chi connectivity index (χ0) is 22.6. The summed E-state index contributed by atoms with van der Waals surface area (Å²) in [6, 6.07) is 11.8. The summed E-state index contributed by atoms with van der Waals surface area (Å²) in [7, 11) is 0. The Kier molecular flexibility index (Phi) is 12.0. The van der Waals surface area contributed by atoms with Crippen LogP contribution in [0.4, 0.5) is 5.82 Å². The lowest BCUT2D eigenvalue weighted by Gasteiger charge is -2.26. The molecule has 1 aromatic heterocycles. The fourth-order valence-corrected chi connectivity index (χ4v) is 3.65. The van der Waals surface area contributed by atoms with Crippen molar-refractivity contribution in [1.82, 2.24) is 25.3 Å². The molecule has 1 fully saturated rings. The molecule has 0 bridgehead atoms. The molecule has 0 spiro atoms. The van der Waals surface area contributed by atoms with Gasteiger partial charge in [0.25, 0.3) is 0 Å². The number of morpholine rings is 1. The van der Waals surface area contributed by atoms with E-state index in [4.69, 9.17) is 10.5 Å². The molecule has 180 valence electrons. The number of nitrogens with zero attached hydrogens (tertiary/aromatic N) is 5. The highest BCUT2D eigenvalue weighted by Crippen LogP contribution is 2.21. The van der Waals surface area contributed by atoms with E-state index in [1.165, 1.54) is 0 Å². The van der Waals surface area contributed by atoms with Gasteiger partial charge in [0.15, 0.2) is 5.96 Å². The van der Waals surface area contributed by atoms with Crippen molar-refractivity contribution in [3.05, 3.63) is 41.6 Å². The van der Waals surface area contributed by atoms with E-state index in [0.29, 0.717) is 30.0 Å². The Labute approximate surface area is 213 Å². The summed E-state index contributed by atoms with van der Waals surface area (Å²) in [4.78, 5) is 7.10. The van der Waals surface area contributed by atoms with Crippen LogP contribution in [0.25, 0.3) is 5.69 Å². The van der Waals surface area contributed by atoms with E-state index in [2.05, 4.69) is 38.6 Å². The zero-order valence-corrected chi connectivity index (χ0v) is 21.6. The molecule has 2 heterocycles. The highest BCUT2D eigenvalue weighted by atomic mass is 127. The Hall–Kier alpha value is -2.36. The van der Waals surface area contributed by atoms with Crippen LogP contribution in [0.15, 0.2) is 35.3 Å². The van der Waals surface area contributed by atoms with Crippen molar-refractivity contribution in [2.45, 2.75) is 26.2 Å². The number of hydrogen-bond acceptors (Lipinski definition) is 6. The van der Waals surface area contributed by atoms with Crippen LogP contribution >= 0.6 is 24.0 Å². The fraction of sp³-hybridized carbons (Fsp3) is 0.522. The number of nitrogens with one attached hydrogen (secondary N) is 2. The average molecular weight is 566 g/mol. The minimum absolute atomic E-state index is 0. The molecule has 1 aliphatic heterocycles. The van der Waals surface area contributed by atoms with E-state index < -0.39 is 0 Å². The maximum atomic E-state index is 9.55. The van der Waals surface area contributed by atoms with Crippen LogP contribution in [0.1, 0.15) is 31.0 Å². The molecule has 0 amide bonds. The van der Waals surface area contributed by atoms with Gasteiger partial charge in [-0.05, 0) is 44.9 Å². The summed E-state index contributed by atoms with van der Waals surface area (Å²) in [5.41, 5.74) is 8.19. The Morgan fingerprint density at radius 1 is 1.21 bits per heavy atom. The Morgan fingerprint density at radius 3 is 2.67 bits per heavy atom. The van der Waals surface area contributed by atoms with E-state index in [9.17, 15) is 5.26 Å². The minimum Gasteiger partial charge on any atom is -0.382 e. The molecule has 0 saturated carbocycles. The van der Waals surface area contributed by atoms with Crippen molar-refractivity contribution in [2.75, 3.05) is 58.2 Å². The lowest BCUT2D eigenvalue weighted by molar-refractivity contribution is 0.0376. The number of nitrogens with two attached hydrogens (primary N) is 1. The average Bonchev–Trinajstić information content (AvgIpc) is 3.15. The molecule has 4 N–H and O–H groups in total. The summed E-state index contributed by atoms with van der Waals surface area (Å²) in [5.74, 6) is 1.21. The monoisotopic (exact) mass is 566 g/mol. The quantitative estimate of drug-likeness (QED) is 0.175. The van der Waals surface area contributed by atoms with Gasteiger partial charge in [0.05, 0.1) is 24.6 Å². The molecule has 2 aromatic rings. The third-order valence-electron chi connectivity index (χ3n) is 5.34. The number of rotatable bonds is 10. The van der Waals surface area contributed by atoms with E-state index in [-0.39, 0.29) is 24.0 Å². The molecule has 33 heavy (non-hydrogen) atoms. The van der Waals surface area contributed by atoms with Gasteiger partial charge in [0.1, 0.15) is 17.5 Å². The third-order valence-corrected chi connectivity index (χ3v) is 5.34. The van der Waals surface area contributed by atoms with Crippen molar-refractivity contribution in [3.8, 4) is 11.8 Å². The number of para-hydroxylation sites is 1.